The van der Waals surface area contributed by atoms with Crippen molar-refractivity contribution in [3.63, 3.8) is 0 Å². The average molecular weight is 332 g/mol. The van der Waals surface area contributed by atoms with Crippen molar-refractivity contribution in [2.45, 2.75) is 38.5 Å². The van der Waals surface area contributed by atoms with Crippen LogP contribution in [0, 0.1) is 11.7 Å². The summed E-state index contributed by atoms with van der Waals surface area (Å²) in [5.41, 5.74) is 0.973. The van der Waals surface area contributed by atoms with Gasteiger partial charge < -0.3 is 9.80 Å². The molecule has 1 aliphatic heterocycles. The normalized spacial score (nSPS) is 18.9. The van der Waals surface area contributed by atoms with Crippen LogP contribution in [0.15, 0.2) is 24.3 Å². The van der Waals surface area contributed by atoms with Crippen LogP contribution in [0.5, 0.6) is 0 Å². The molecular formula is C19H25FN2O2. The highest BCUT2D eigenvalue weighted by atomic mass is 19.1. The van der Waals surface area contributed by atoms with Crippen LogP contribution in [0.1, 0.15) is 37.7 Å². The van der Waals surface area contributed by atoms with Crippen molar-refractivity contribution in [3.05, 3.63) is 35.6 Å². The van der Waals surface area contributed by atoms with Crippen molar-refractivity contribution in [3.8, 4) is 0 Å². The zero-order valence-corrected chi connectivity index (χ0v) is 14.0. The Hall–Kier alpha value is -1.91. The van der Waals surface area contributed by atoms with Gasteiger partial charge in [0, 0.05) is 38.5 Å². The molecule has 0 unspecified atom stereocenters. The lowest BCUT2D eigenvalue weighted by atomic mass is 9.84. The fourth-order valence-corrected chi connectivity index (χ4v) is 3.36. The first kappa shape index (κ1) is 16.9. The van der Waals surface area contributed by atoms with Gasteiger partial charge in [0.1, 0.15) is 5.82 Å². The zero-order chi connectivity index (χ0) is 16.9. The molecule has 5 heteroatoms. The number of amides is 2. The topological polar surface area (TPSA) is 40.6 Å². The summed E-state index contributed by atoms with van der Waals surface area (Å²) in [4.78, 5) is 28.6. The Labute approximate surface area is 142 Å². The number of nitrogens with zero attached hydrogens (tertiary/aromatic N) is 2. The summed E-state index contributed by atoms with van der Waals surface area (Å²) in [7, 11) is 0. The van der Waals surface area contributed by atoms with Gasteiger partial charge in [0.2, 0.25) is 11.8 Å². The van der Waals surface area contributed by atoms with Gasteiger partial charge in [0.05, 0.1) is 0 Å². The summed E-state index contributed by atoms with van der Waals surface area (Å²) < 4.78 is 12.9. The molecular weight excluding hydrogens is 307 g/mol. The second-order valence-corrected chi connectivity index (χ2v) is 6.81. The maximum absolute atomic E-state index is 12.9. The highest BCUT2D eigenvalue weighted by molar-refractivity contribution is 5.80. The fourth-order valence-electron chi connectivity index (χ4n) is 3.36. The maximum atomic E-state index is 12.9. The molecule has 0 radical (unpaired) electrons. The summed E-state index contributed by atoms with van der Waals surface area (Å²) in [5, 5.41) is 0. The molecule has 0 N–H and O–H groups in total. The predicted octanol–water partition coefficient (Wildman–Crippen LogP) is 2.62. The van der Waals surface area contributed by atoms with Gasteiger partial charge >= 0.3 is 0 Å². The Morgan fingerprint density at radius 1 is 0.958 bits per heavy atom. The number of carbonyl (C=O) groups excluding carboxylic acids is 2. The molecule has 2 amide bonds. The second kappa shape index (κ2) is 7.77. The largest absolute Gasteiger partial charge is 0.341 e. The summed E-state index contributed by atoms with van der Waals surface area (Å²) in [6.45, 7) is 2.76. The smallest absolute Gasteiger partial charge is 0.225 e. The lowest BCUT2D eigenvalue weighted by Gasteiger charge is -2.31. The third-order valence-electron chi connectivity index (χ3n) is 5.16. The van der Waals surface area contributed by atoms with E-state index in [-0.39, 0.29) is 23.5 Å². The van der Waals surface area contributed by atoms with Crippen LogP contribution in [-0.4, -0.2) is 47.8 Å². The molecule has 0 aromatic heterocycles. The van der Waals surface area contributed by atoms with Crippen LogP contribution in [0.25, 0.3) is 0 Å². The number of hydrogen-bond acceptors (Lipinski definition) is 2. The van der Waals surface area contributed by atoms with Crippen molar-refractivity contribution in [1.29, 1.82) is 0 Å². The lowest BCUT2D eigenvalue weighted by molar-refractivity contribution is -0.138. The molecule has 1 saturated carbocycles. The molecule has 0 spiro atoms. The minimum atomic E-state index is -0.256. The van der Waals surface area contributed by atoms with Gasteiger partial charge in [-0.2, -0.15) is 0 Å². The van der Waals surface area contributed by atoms with E-state index in [1.807, 2.05) is 9.80 Å². The monoisotopic (exact) mass is 332 g/mol. The van der Waals surface area contributed by atoms with Crippen LogP contribution >= 0.6 is 0 Å². The van der Waals surface area contributed by atoms with Gasteiger partial charge in [-0.1, -0.05) is 18.6 Å². The van der Waals surface area contributed by atoms with Gasteiger partial charge in [0.15, 0.2) is 0 Å². The van der Waals surface area contributed by atoms with E-state index in [0.717, 1.165) is 44.3 Å². The van der Waals surface area contributed by atoms with E-state index < -0.39 is 0 Å². The number of benzene rings is 1. The van der Waals surface area contributed by atoms with E-state index in [2.05, 4.69) is 0 Å². The minimum absolute atomic E-state index is 0.122. The van der Waals surface area contributed by atoms with E-state index in [9.17, 15) is 14.0 Å². The van der Waals surface area contributed by atoms with Crippen LogP contribution < -0.4 is 0 Å². The Kier molecular flexibility index (Phi) is 5.48. The molecule has 2 fully saturated rings. The summed E-state index contributed by atoms with van der Waals surface area (Å²) in [6, 6.07) is 6.31. The first-order valence-electron chi connectivity index (χ1n) is 8.94. The Balaban J connectivity index is 1.47. The van der Waals surface area contributed by atoms with E-state index in [1.54, 1.807) is 12.1 Å². The van der Waals surface area contributed by atoms with Gasteiger partial charge in [0.25, 0.3) is 0 Å². The zero-order valence-electron chi connectivity index (χ0n) is 14.0. The van der Waals surface area contributed by atoms with Crippen molar-refractivity contribution in [2.24, 2.45) is 5.92 Å². The van der Waals surface area contributed by atoms with Gasteiger partial charge in [-0.15, -0.1) is 0 Å². The first-order chi connectivity index (χ1) is 11.6. The molecule has 3 rings (SSSR count). The average Bonchev–Trinajstić information content (AvgIpc) is 2.78. The second-order valence-electron chi connectivity index (χ2n) is 6.81. The molecule has 1 heterocycles. The van der Waals surface area contributed by atoms with E-state index in [1.165, 1.54) is 12.1 Å². The highest BCUT2D eigenvalue weighted by Gasteiger charge is 2.30. The summed E-state index contributed by atoms with van der Waals surface area (Å²) in [5.74, 6) is 0.374. The number of carbonyl (C=O) groups is 2. The molecule has 1 aliphatic carbocycles. The van der Waals surface area contributed by atoms with Crippen molar-refractivity contribution in [2.75, 3.05) is 26.2 Å². The van der Waals surface area contributed by atoms with Crippen LogP contribution in [0.4, 0.5) is 4.39 Å². The quantitative estimate of drug-likeness (QED) is 0.850. The maximum Gasteiger partial charge on any atom is 0.225 e. The highest BCUT2D eigenvalue weighted by Crippen LogP contribution is 2.28. The molecule has 1 saturated heterocycles. The van der Waals surface area contributed by atoms with Gasteiger partial charge in [-0.25, -0.2) is 4.39 Å². The van der Waals surface area contributed by atoms with E-state index >= 15 is 0 Å². The lowest BCUT2D eigenvalue weighted by Crippen LogP contribution is -2.41. The van der Waals surface area contributed by atoms with E-state index in [4.69, 9.17) is 0 Å². The van der Waals surface area contributed by atoms with Crippen LogP contribution in [0.2, 0.25) is 0 Å². The van der Waals surface area contributed by atoms with Gasteiger partial charge in [-0.05, 0) is 43.4 Å². The predicted molar refractivity (Wildman–Crippen MR) is 89.8 cm³/mol. The Morgan fingerprint density at radius 2 is 1.62 bits per heavy atom. The number of hydrogen-bond donors (Lipinski definition) is 0. The van der Waals surface area contributed by atoms with Crippen LogP contribution in [-0.2, 0) is 16.0 Å². The van der Waals surface area contributed by atoms with Crippen LogP contribution in [0.3, 0.4) is 0 Å². The number of rotatable bonds is 4. The van der Waals surface area contributed by atoms with Crippen molar-refractivity contribution >= 4 is 11.8 Å². The third kappa shape index (κ3) is 4.13. The molecule has 24 heavy (non-hydrogen) atoms. The molecule has 0 atom stereocenters. The molecule has 130 valence electrons. The fraction of sp³-hybridized carbons (Fsp3) is 0.579. The molecule has 2 aliphatic rings. The van der Waals surface area contributed by atoms with Crippen molar-refractivity contribution < 1.29 is 14.0 Å². The van der Waals surface area contributed by atoms with Crippen molar-refractivity contribution in [1.82, 2.24) is 9.80 Å². The number of aryl methyl sites for hydroxylation is 1. The molecule has 1 aromatic carbocycles. The summed E-state index contributed by atoms with van der Waals surface area (Å²) in [6.07, 6.45) is 5.12. The Morgan fingerprint density at radius 3 is 2.29 bits per heavy atom. The minimum Gasteiger partial charge on any atom is -0.341 e. The van der Waals surface area contributed by atoms with Gasteiger partial charge in [-0.3, -0.25) is 9.59 Å². The first-order valence-corrected chi connectivity index (χ1v) is 8.94. The Bertz CT molecular complexity index is 584. The SMILES string of the molecule is O=C(CCc1ccc(F)cc1)N1CCCN(C(=O)C2CCC2)CC1. The molecule has 0 bridgehead atoms. The van der Waals surface area contributed by atoms with E-state index in [0.29, 0.717) is 25.9 Å². The molecule has 1 aromatic rings. The summed E-state index contributed by atoms with van der Waals surface area (Å²) >= 11 is 0. The standard InChI is InChI=1S/C19H25FN2O2/c20-17-8-5-15(6-9-17)7-10-18(23)21-11-2-12-22(14-13-21)19(24)16-3-1-4-16/h5-6,8-9,16H,1-4,7,10-14H2. The molecule has 4 nitrogen and oxygen atoms in total. The number of halogens is 1. The third-order valence-corrected chi connectivity index (χ3v) is 5.16.